The molecular weight excluding hydrogens is 282 g/mol. The Balaban J connectivity index is 2.09. The normalized spacial score (nSPS) is 19.4. The predicted molar refractivity (Wildman–Crippen MR) is 96.4 cm³/mol. The molecule has 2 aromatic rings. The van der Waals surface area contributed by atoms with Crippen LogP contribution < -0.4 is 0 Å². The fraction of sp³-hybridized carbons (Fsp3) is 0.476. The Morgan fingerprint density at radius 2 is 1.78 bits per heavy atom. The summed E-state index contributed by atoms with van der Waals surface area (Å²) < 4.78 is 5.25. The van der Waals surface area contributed by atoms with Crippen LogP contribution in [0.1, 0.15) is 76.3 Å². The van der Waals surface area contributed by atoms with Crippen LogP contribution in [0.25, 0.3) is 11.6 Å². The zero-order chi connectivity index (χ0) is 16.7. The molecule has 1 heterocycles. The number of benzene rings is 1. The average Bonchev–Trinajstić information content (AvgIpc) is 3.02. The maximum absolute atomic E-state index is 5.25. The molecule has 3 rings (SSSR count). The molecule has 1 aliphatic carbocycles. The Morgan fingerprint density at radius 1 is 1.09 bits per heavy atom. The van der Waals surface area contributed by atoms with Gasteiger partial charge in [0.15, 0.2) is 5.76 Å². The highest BCUT2D eigenvalue weighted by Gasteiger charge is 2.36. The molecule has 1 aliphatic rings. The molecule has 2 nitrogen and oxygen atoms in total. The van der Waals surface area contributed by atoms with Crippen LogP contribution in [0, 0.1) is 0 Å². The average molecular weight is 309 g/mol. The minimum Gasteiger partial charge on any atom is -0.357 e. The summed E-state index contributed by atoms with van der Waals surface area (Å²) >= 11 is 0. The van der Waals surface area contributed by atoms with Gasteiger partial charge in [-0.3, -0.25) is 0 Å². The fourth-order valence-electron chi connectivity index (χ4n) is 3.65. The van der Waals surface area contributed by atoms with Crippen molar-refractivity contribution in [3.63, 3.8) is 0 Å². The Kier molecular flexibility index (Phi) is 3.95. The first-order valence-electron chi connectivity index (χ1n) is 8.60. The van der Waals surface area contributed by atoms with Crippen LogP contribution in [-0.2, 0) is 10.8 Å². The van der Waals surface area contributed by atoms with Crippen LogP contribution in [0.2, 0.25) is 0 Å². The van der Waals surface area contributed by atoms with Crippen LogP contribution >= 0.6 is 0 Å². The number of rotatable bonds is 3. The van der Waals surface area contributed by atoms with Gasteiger partial charge in [-0.25, -0.2) is 0 Å². The maximum Gasteiger partial charge on any atom is 0.159 e. The molecule has 2 heteroatoms. The molecule has 0 saturated heterocycles. The van der Waals surface area contributed by atoms with E-state index in [9.17, 15) is 0 Å². The molecule has 23 heavy (non-hydrogen) atoms. The number of hydrogen-bond acceptors (Lipinski definition) is 2. The molecule has 0 bridgehead atoms. The number of fused-ring (bicyclic) bond motifs is 1. The van der Waals surface area contributed by atoms with Gasteiger partial charge in [-0.2, -0.15) is 0 Å². The summed E-state index contributed by atoms with van der Waals surface area (Å²) in [4.78, 5) is 0. The first-order valence-corrected chi connectivity index (χ1v) is 8.60. The SMILES string of the molecule is CCC(=Cc1ccno1)c1ccc2c(c1)C(C)(C)CCC2(C)C. The summed E-state index contributed by atoms with van der Waals surface area (Å²) in [5.41, 5.74) is 6.11. The molecule has 0 atom stereocenters. The molecular formula is C21H27NO. The van der Waals surface area contributed by atoms with Gasteiger partial charge in [-0.05, 0) is 58.4 Å². The van der Waals surface area contributed by atoms with E-state index in [0.717, 1.165) is 12.2 Å². The number of hydrogen-bond donors (Lipinski definition) is 0. The van der Waals surface area contributed by atoms with Gasteiger partial charge in [-0.15, -0.1) is 0 Å². The maximum atomic E-state index is 5.25. The van der Waals surface area contributed by atoms with E-state index >= 15 is 0 Å². The third-order valence-electron chi connectivity index (χ3n) is 5.38. The van der Waals surface area contributed by atoms with Crippen molar-refractivity contribution >= 4 is 11.6 Å². The van der Waals surface area contributed by atoms with Crippen molar-refractivity contribution in [2.24, 2.45) is 0 Å². The van der Waals surface area contributed by atoms with Gasteiger partial charge in [-0.1, -0.05) is 58.0 Å². The van der Waals surface area contributed by atoms with Crippen molar-refractivity contribution in [2.75, 3.05) is 0 Å². The van der Waals surface area contributed by atoms with E-state index in [1.807, 2.05) is 6.07 Å². The smallest absolute Gasteiger partial charge is 0.159 e. The number of allylic oxidation sites excluding steroid dienone is 1. The molecule has 1 aromatic heterocycles. The summed E-state index contributed by atoms with van der Waals surface area (Å²) in [5.74, 6) is 0.819. The Morgan fingerprint density at radius 3 is 2.39 bits per heavy atom. The second-order valence-electron chi connectivity index (χ2n) is 7.97. The second-order valence-corrected chi connectivity index (χ2v) is 7.97. The van der Waals surface area contributed by atoms with Crippen LogP contribution in [0.15, 0.2) is 35.0 Å². The van der Waals surface area contributed by atoms with Gasteiger partial charge in [0.1, 0.15) is 0 Å². The van der Waals surface area contributed by atoms with E-state index < -0.39 is 0 Å². The highest BCUT2D eigenvalue weighted by molar-refractivity contribution is 5.80. The third-order valence-corrected chi connectivity index (χ3v) is 5.38. The molecule has 0 amide bonds. The summed E-state index contributed by atoms with van der Waals surface area (Å²) in [6.07, 6.45) is 7.27. The van der Waals surface area contributed by atoms with Gasteiger partial charge in [0, 0.05) is 6.07 Å². The van der Waals surface area contributed by atoms with Gasteiger partial charge >= 0.3 is 0 Å². The standard InChI is InChI=1S/C21H27NO/c1-6-15(13-17-9-12-22-23-17)16-7-8-18-19(14-16)21(4,5)11-10-20(18,2)3/h7-9,12-14H,6,10-11H2,1-5H3. The number of aromatic nitrogens is 1. The third kappa shape index (κ3) is 2.99. The summed E-state index contributed by atoms with van der Waals surface area (Å²) in [6.45, 7) is 11.7. The minimum atomic E-state index is 0.242. The molecule has 0 fully saturated rings. The zero-order valence-corrected chi connectivity index (χ0v) is 14.9. The van der Waals surface area contributed by atoms with Crippen molar-refractivity contribution in [1.29, 1.82) is 0 Å². The van der Waals surface area contributed by atoms with Crippen LogP contribution in [0.5, 0.6) is 0 Å². The lowest BCUT2D eigenvalue weighted by atomic mass is 9.63. The fourth-order valence-corrected chi connectivity index (χ4v) is 3.65. The van der Waals surface area contributed by atoms with Crippen LogP contribution in [0.3, 0.4) is 0 Å². The van der Waals surface area contributed by atoms with Crippen molar-refractivity contribution in [3.05, 3.63) is 52.9 Å². The summed E-state index contributed by atoms with van der Waals surface area (Å²) in [6, 6.07) is 8.92. The van der Waals surface area contributed by atoms with E-state index in [1.54, 1.807) is 6.20 Å². The van der Waals surface area contributed by atoms with E-state index in [2.05, 4.69) is 64.1 Å². The van der Waals surface area contributed by atoms with Crippen molar-refractivity contribution in [2.45, 2.75) is 64.7 Å². The molecule has 122 valence electrons. The van der Waals surface area contributed by atoms with Gasteiger partial charge in [0.05, 0.1) is 6.20 Å². The monoisotopic (exact) mass is 309 g/mol. The molecule has 0 spiro atoms. The minimum absolute atomic E-state index is 0.242. The largest absolute Gasteiger partial charge is 0.357 e. The van der Waals surface area contributed by atoms with Crippen molar-refractivity contribution in [3.8, 4) is 0 Å². The van der Waals surface area contributed by atoms with E-state index in [0.29, 0.717) is 0 Å². The molecule has 0 unspecified atom stereocenters. The lowest BCUT2D eigenvalue weighted by Crippen LogP contribution is -2.33. The summed E-state index contributed by atoms with van der Waals surface area (Å²) in [7, 11) is 0. The van der Waals surface area contributed by atoms with Gasteiger partial charge in [0.25, 0.3) is 0 Å². The second kappa shape index (κ2) is 5.67. The molecule has 0 aliphatic heterocycles. The Bertz CT molecular complexity index is 720. The highest BCUT2D eigenvalue weighted by atomic mass is 16.5. The molecule has 0 N–H and O–H groups in total. The lowest BCUT2D eigenvalue weighted by molar-refractivity contribution is 0.332. The van der Waals surface area contributed by atoms with Crippen molar-refractivity contribution in [1.82, 2.24) is 5.16 Å². The summed E-state index contributed by atoms with van der Waals surface area (Å²) in [5, 5.41) is 3.80. The van der Waals surface area contributed by atoms with E-state index in [-0.39, 0.29) is 10.8 Å². The van der Waals surface area contributed by atoms with E-state index in [4.69, 9.17) is 4.52 Å². The van der Waals surface area contributed by atoms with Gasteiger partial charge < -0.3 is 4.52 Å². The first kappa shape index (κ1) is 16.0. The van der Waals surface area contributed by atoms with Crippen LogP contribution in [-0.4, -0.2) is 5.16 Å². The highest BCUT2D eigenvalue weighted by Crippen LogP contribution is 2.46. The van der Waals surface area contributed by atoms with Crippen LogP contribution in [0.4, 0.5) is 0 Å². The zero-order valence-electron chi connectivity index (χ0n) is 14.9. The Labute approximate surface area is 139 Å². The lowest BCUT2D eigenvalue weighted by Gasteiger charge is -2.42. The van der Waals surface area contributed by atoms with Crippen molar-refractivity contribution < 1.29 is 4.52 Å². The predicted octanol–water partition coefficient (Wildman–Crippen LogP) is 5.97. The molecule has 0 saturated carbocycles. The molecule has 1 aromatic carbocycles. The molecule has 0 radical (unpaired) electrons. The quantitative estimate of drug-likeness (QED) is 0.697. The topological polar surface area (TPSA) is 26.0 Å². The Hall–Kier alpha value is -1.83. The first-order chi connectivity index (χ1) is 10.8. The van der Waals surface area contributed by atoms with Gasteiger partial charge in [0.2, 0.25) is 0 Å². The van der Waals surface area contributed by atoms with E-state index in [1.165, 1.54) is 35.1 Å². The number of nitrogens with zero attached hydrogens (tertiary/aromatic N) is 1.